The van der Waals surface area contributed by atoms with E-state index in [0.29, 0.717) is 6.42 Å². The number of ether oxygens (including phenoxy) is 1. The van der Waals surface area contributed by atoms with Gasteiger partial charge < -0.3 is 9.72 Å². The normalized spacial score (nSPS) is 21.4. The van der Waals surface area contributed by atoms with Crippen LogP contribution in [0.2, 0.25) is 0 Å². The van der Waals surface area contributed by atoms with E-state index in [1.165, 1.54) is 53.3 Å². The largest absolute Gasteiger partial charge is 0.468 e. The van der Waals surface area contributed by atoms with Crippen LogP contribution in [0.3, 0.4) is 0 Å². The zero-order chi connectivity index (χ0) is 17.7. The molecular formula is C22H22N2O2. The fourth-order valence-corrected chi connectivity index (χ4v) is 4.56. The third-order valence-electron chi connectivity index (χ3n) is 5.85. The van der Waals surface area contributed by atoms with Crippen LogP contribution in [-0.2, 0) is 28.8 Å². The first-order chi connectivity index (χ1) is 12.7. The molecule has 2 N–H and O–H groups in total. The minimum Gasteiger partial charge on any atom is -0.468 e. The summed E-state index contributed by atoms with van der Waals surface area (Å²) in [4.78, 5) is 15.9. The second kappa shape index (κ2) is 5.99. The van der Waals surface area contributed by atoms with Crippen LogP contribution in [0.1, 0.15) is 40.4 Å². The number of esters is 1. The summed E-state index contributed by atoms with van der Waals surface area (Å²) >= 11 is 0. The molecule has 0 saturated heterocycles. The molecule has 0 radical (unpaired) electrons. The van der Waals surface area contributed by atoms with Gasteiger partial charge in [-0.05, 0) is 47.6 Å². The molecule has 2 aromatic carbocycles. The number of carbonyl (C=O) groups excluding carboxylic acids is 1. The van der Waals surface area contributed by atoms with Gasteiger partial charge in [0.1, 0.15) is 6.04 Å². The van der Waals surface area contributed by atoms with Crippen molar-refractivity contribution in [1.29, 1.82) is 0 Å². The first-order valence-corrected chi connectivity index (χ1v) is 9.29. The molecule has 1 aliphatic carbocycles. The van der Waals surface area contributed by atoms with Crippen LogP contribution in [0.5, 0.6) is 0 Å². The molecule has 2 aliphatic rings. The maximum Gasteiger partial charge on any atom is 0.323 e. The number of methoxy groups -OCH3 is 1. The molecule has 1 aliphatic heterocycles. The van der Waals surface area contributed by atoms with Crippen molar-refractivity contribution in [3.8, 4) is 0 Å². The zero-order valence-corrected chi connectivity index (χ0v) is 14.8. The van der Waals surface area contributed by atoms with E-state index >= 15 is 0 Å². The fourth-order valence-electron chi connectivity index (χ4n) is 4.56. The Bertz CT molecular complexity index is 1000. The van der Waals surface area contributed by atoms with Gasteiger partial charge in [0, 0.05) is 23.0 Å². The van der Waals surface area contributed by atoms with Gasteiger partial charge in [0.2, 0.25) is 0 Å². The van der Waals surface area contributed by atoms with Gasteiger partial charge in [0.05, 0.1) is 13.2 Å². The van der Waals surface area contributed by atoms with Crippen LogP contribution >= 0.6 is 0 Å². The molecule has 0 bridgehead atoms. The van der Waals surface area contributed by atoms with E-state index in [-0.39, 0.29) is 18.1 Å². The Balaban J connectivity index is 1.65. The molecule has 4 heteroatoms. The van der Waals surface area contributed by atoms with Crippen molar-refractivity contribution in [1.82, 2.24) is 10.3 Å². The number of nitrogens with one attached hydrogen (secondary N) is 2. The minimum atomic E-state index is -0.329. The third-order valence-corrected chi connectivity index (χ3v) is 5.85. The summed E-state index contributed by atoms with van der Waals surface area (Å²) < 4.78 is 5.04. The summed E-state index contributed by atoms with van der Waals surface area (Å²) in [5, 5.41) is 4.72. The number of aromatic amines is 1. The molecule has 0 fully saturated rings. The Morgan fingerprint density at radius 2 is 1.96 bits per heavy atom. The van der Waals surface area contributed by atoms with Gasteiger partial charge in [-0.25, -0.2) is 0 Å². The second-order valence-electron chi connectivity index (χ2n) is 7.32. The van der Waals surface area contributed by atoms with Crippen LogP contribution in [-0.4, -0.2) is 24.1 Å². The average molecular weight is 346 g/mol. The molecular weight excluding hydrogens is 324 g/mol. The first-order valence-electron chi connectivity index (χ1n) is 9.29. The highest BCUT2D eigenvalue weighted by Gasteiger charge is 2.34. The van der Waals surface area contributed by atoms with E-state index in [1.807, 2.05) is 6.07 Å². The lowest BCUT2D eigenvalue weighted by Gasteiger charge is -2.30. The summed E-state index contributed by atoms with van der Waals surface area (Å²) in [5.74, 6) is -0.202. The number of rotatable bonds is 2. The molecule has 2 heterocycles. The van der Waals surface area contributed by atoms with Crippen LogP contribution < -0.4 is 5.32 Å². The van der Waals surface area contributed by atoms with Gasteiger partial charge >= 0.3 is 5.97 Å². The number of hydrogen-bond donors (Lipinski definition) is 2. The van der Waals surface area contributed by atoms with Gasteiger partial charge in [-0.15, -0.1) is 0 Å². The highest BCUT2D eigenvalue weighted by molar-refractivity contribution is 5.87. The number of aryl methyl sites for hydroxylation is 2. The molecule has 3 aromatic rings. The number of para-hydroxylation sites is 1. The maximum absolute atomic E-state index is 12.3. The second-order valence-corrected chi connectivity index (χ2v) is 7.32. The Morgan fingerprint density at radius 1 is 1.12 bits per heavy atom. The predicted molar refractivity (Wildman–Crippen MR) is 101 cm³/mol. The predicted octanol–water partition coefficient (Wildman–Crippen LogP) is 3.43. The fraction of sp³-hybridized carbons (Fsp3) is 0.318. The van der Waals surface area contributed by atoms with Gasteiger partial charge in [0.25, 0.3) is 0 Å². The number of hydrogen-bond acceptors (Lipinski definition) is 3. The molecule has 5 rings (SSSR count). The lowest BCUT2D eigenvalue weighted by molar-refractivity contribution is -0.143. The van der Waals surface area contributed by atoms with E-state index in [4.69, 9.17) is 4.74 Å². The summed E-state index contributed by atoms with van der Waals surface area (Å²) in [7, 11) is 1.46. The van der Waals surface area contributed by atoms with Crippen LogP contribution in [0.4, 0.5) is 0 Å². The van der Waals surface area contributed by atoms with E-state index in [2.05, 4.69) is 46.7 Å². The topological polar surface area (TPSA) is 54.1 Å². The number of H-pyrrole nitrogens is 1. The molecule has 1 aromatic heterocycles. The van der Waals surface area contributed by atoms with Gasteiger partial charge in [0.15, 0.2) is 0 Å². The van der Waals surface area contributed by atoms with Crippen molar-refractivity contribution in [2.45, 2.75) is 37.8 Å². The quantitative estimate of drug-likeness (QED) is 0.699. The zero-order valence-electron chi connectivity index (χ0n) is 14.8. The average Bonchev–Trinajstić information content (AvgIpc) is 3.30. The van der Waals surface area contributed by atoms with Gasteiger partial charge in [-0.2, -0.15) is 0 Å². The van der Waals surface area contributed by atoms with E-state index in [9.17, 15) is 4.79 Å². The van der Waals surface area contributed by atoms with E-state index in [1.54, 1.807) is 0 Å². The van der Waals surface area contributed by atoms with Crippen molar-refractivity contribution < 1.29 is 9.53 Å². The van der Waals surface area contributed by atoms with Crippen molar-refractivity contribution in [2.75, 3.05) is 7.11 Å². The molecule has 0 spiro atoms. The standard InChI is InChI=1S/C22H22N2O2/c1-26-22(25)19-12-17-16-7-2-3-8-18(16)23-21(17)20(24-19)15-10-9-13-5-4-6-14(13)11-15/h2-3,7-11,19-20,23-24H,4-6,12H2,1H3/t19-,20+/m1/s1. The lowest BCUT2D eigenvalue weighted by Crippen LogP contribution is -2.45. The molecule has 2 atom stereocenters. The summed E-state index contributed by atoms with van der Waals surface area (Å²) in [6, 6.07) is 14.7. The molecule has 26 heavy (non-hydrogen) atoms. The van der Waals surface area contributed by atoms with Crippen LogP contribution in [0.15, 0.2) is 42.5 Å². The Morgan fingerprint density at radius 3 is 2.85 bits per heavy atom. The summed E-state index contributed by atoms with van der Waals surface area (Å²) in [6.45, 7) is 0. The Hall–Kier alpha value is -2.59. The third kappa shape index (κ3) is 2.36. The van der Waals surface area contributed by atoms with Crippen molar-refractivity contribution in [3.05, 3.63) is 70.4 Å². The highest BCUT2D eigenvalue weighted by Crippen LogP contribution is 2.36. The number of benzene rings is 2. The monoisotopic (exact) mass is 346 g/mol. The maximum atomic E-state index is 12.3. The van der Waals surface area contributed by atoms with E-state index in [0.717, 1.165) is 11.9 Å². The molecule has 132 valence electrons. The smallest absolute Gasteiger partial charge is 0.323 e. The van der Waals surface area contributed by atoms with Gasteiger partial charge in [-0.3, -0.25) is 10.1 Å². The van der Waals surface area contributed by atoms with Crippen LogP contribution in [0.25, 0.3) is 10.9 Å². The van der Waals surface area contributed by atoms with Crippen LogP contribution in [0, 0.1) is 0 Å². The number of carbonyl (C=O) groups is 1. The number of fused-ring (bicyclic) bond motifs is 4. The van der Waals surface area contributed by atoms with E-state index < -0.39 is 0 Å². The Kier molecular flexibility index (Phi) is 3.61. The lowest BCUT2D eigenvalue weighted by atomic mass is 9.89. The molecule has 0 unspecified atom stereocenters. The van der Waals surface area contributed by atoms with Crippen molar-refractivity contribution in [3.63, 3.8) is 0 Å². The summed E-state index contributed by atoms with van der Waals surface area (Å²) in [5.41, 5.74) is 7.64. The van der Waals surface area contributed by atoms with Gasteiger partial charge in [-0.1, -0.05) is 36.4 Å². The molecule has 4 nitrogen and oxygen atoms in total. The summed E-state index contributed by atoms with van der Waals surface area (Å²) in [6.07, 6.45) is 4.21. The Labute approximate surface area is 152 Å². The minimum absolute atomic E-state index is 0.0267. The number of aromatic nitrogens is 1. The molecule has 0 amide bonds. The van der Waals surface area contributed by atoms with Crippen molar-refractivity contribution in [2.24, 2.45) is 0 Å². The first kappa shape index (κ1) is 15.6. The van der Waals surface area contributed by atoms with Crippen molar-refractivity contribution >= 4 is 16.9 Å². The SMILES string of the molecule is COC(=O)[C@H]1Cc2c([nH]c3ccccc23)[C@H](c2ccc3c(c2)CCC3)N1. The molecule has 0 saturated carbocycles. The highest BCUT2D eigenvalue weighted by atomic mass is 16.5.